The Morgan fingerprint density at radius 3 is 2.16 bits per heavy atom. The predicted molar refractivity (Wildman–Crippen MR) is 76.7 cm³/mol. The van der Waals surface area contributed by atoms with E-state index in [2.05, 4.69) is 10.1 Å². The SMILES string of the molecule is N=C(NCCCC(N)C(=O)O)OC(=O)c1c(F)c(F)c(N)c(F)c1F. The molecular weight excluding hydrogens is 352 g/mol. The van der Waals surface area contributed by atoms with Crippen LogP contribution in [0.4, 0.5) is 23.2 Å². The molecule has 1 unspecified atom stereocenters. The monoisotopic (exact) mass is 366 g/mol. The third-order valence-electron chi connectivity index (χ3n) is 2.99. The van der Waals surface area contributed by atoms with E-state index in [1.807, 2.05) is 0 Å². The van der Waals surface area contributed by atoms with E-state index in [1.165, 1.54) is 0 Å². The normalized spacial score (nSPS) is 11.7. The number of halogens is 4. The van der Waals surface area contributed by atoms with Crippen molar-refractivity contribution in [2.75, 3.05) is 12.3 Å². The number of carboxylic acid groups (broad SMARTS) is 1. The van der Waals surface area contributed by atoms with Gasteiger partial charge in [0.15, 0.2) is 23.3 Å². The number of hydrogen-bond donors (Lipinski definition) is 5. The van der Waals surface area contributed by atoms with Crippen LogP contribution in [0.2, 0.25) is 0 Å². The number of amidine groups is 1. The molecule has 1 aromatic carbocycles. The average Bonchev–Trinajstić information content (AvgIpc) is 2.54. The molecule has 8 nitrogen and oxygen atoms in total. The van der Waals surface area contributed by atoms with Gasteiger partial charge in [0.25, 0.3) is 6.02 Å². The minimum absolute atomic E-state index is 0.0429. The van der Waals surface area contributed by atoms with Gasteiger partial charge in [-0.05, 0) is 12.8 Å². The lowest BCUT2D eigenvalue weighted by molar-refractivity contribution is -0.138. The summed E-state index contributed by atoms with van der Waals surface area (Å²) in [4.78, 5) is 22.1. The maximum atomic E-state index is 13.6. The Morgan fingerprint density at radius 1 is 1.16 bits per heavy atom. The van der Waals surface area contributed by atoms with Crippen molar-refractivity contribution in [1.82, 2.24) is 5.32 Å². The van der Waals surface area contributed by atoms with Gasteiger partial charge in [0.1, 0.15) is 17.3 Å². The van der Waals surface area contributed by atoms with Crippen molar-refractivity contribution in [2.24, 2.45) is 5.73 Å². The number of ether oxygens (including phenoxy) is 1. The molecule has 0 aliphatic rings. The number of esters is 1. The maximum absolute atomic E-state index is 13.6. The lowest BCUT2D eigenvalue weighted by atomic mass is 10.1. The van der Waals surface area contributed by atoms with Crippen LogP contribution in [0, 0.1) is 28.7 Å². The van der Waals surface area contributed by atoms with Gasteiger partial charge >= 0.3 is 11.9 Å². The van der Waals surface area contributed by atoms with Crippen LogP contribution in [0.3, 0.4) is 0 Å². The molecule has 1 aromatic rings. The molecule has 0 aliphatic carbocycles. The Bertz CT molecular complexity index is 685. The number of anilines is 1. The van der Waals surface area contributed by atoms with Gasteiger partial charge in [-0.1, -0.05) is 0 Å². The number of carbonyl (C=O) groups excluding carboxylic acids is 1. The first-order valence-corrected chi connectivity index (χ1v) is 6.72. The van der Waals surface area contributed by atoms with Gasteiger partial charge in [-0.2, -0.15) is 0 Å². The van der Waals surface area contributed by atoms with Gasteiger partial charge in [-0.15, -0.1) is 0 Å². The molecule has 7 N–H and O–H groups in total. The third-order valence-corrected chi connectivity index (χ3v) is 2.99. The van der Waals surface area contributed by atoms with Gasteiger partial charge in [-0.3, -0.25) is 10.2 Å². The van der Waals surface area contributed by atoms with Crippen molar-refractivity contribution >= 4 is 23.6 Å². The summed E-state index contributed by atoms with van der Waals surface area (Å²) in [6.45, 7) is -0.0531. The molecule has 0 spiro atoms. The third kappa shape index (κ3) is 4.79. The standard InChI is InChI=1S/C13H14F4N4O4/c14-6-5(7(15)9(17)10(19)8(6)16)12(24)25-13(20)21-3-1-2-4(18)11(22)23/h4H,1-3,18-19H2,(H2,20,21)(H,22,23). The molecule has 1 atom stereocenters. The fourth-order valence-electron chi connectivity index (χ4n) is 1.66. The van der Waals surface area contributed by atoms with Crippen molar-refractivity contribution in [1.29, 1.82) is 5.41 Å². The highest BCUT2D eigenvalue weighted by molar-refractivity contribution is 5.97. The molecule has 0 amide bonds. The molecule has 0 aromatic heterocycles. The van der Waals surface area contributed by atoms with Crippen LogP contribution < -0.4 is 16.8 Å². The molecule has 25 heavy (non-hydrogen) atoms. The van der Waals surface area contributed by atoms with Crippen LogP contribution >= 0.6 is 0 Å². The van der Waals surface area contributed by atoms with E-state index < -0.39 is 58.5 Å². The van der Waals surface area contributed by atoms with Crippen molar-refractivity contribution < 1.29 is 37.0 Å². The number of nitrogens with one attached hydrogen (secondary N) is 2. The van der Waals surface area contributed by atoms with Crippen LogP contribution in [0.15, 0.2) is 0 Å². The minimum atomic E-state index is -2.05. The topological polar surface area (TPSA) is 152 Å². The summed E-state index contributed by atoms with van der Waals surface area (Å²) in [5.74, 6) is -11.1. The molecule has 0 bridgehead atoms. The molecule has 0 saturated heterocycles. The number of carboxylic acids is 1. The Balaban J connectivity index is 2.68. The highest BCUT2D eigenvalue weighted by Gasteiger charge is 2.30. The molecule has 1 rings (SSSR count). The van der Waals surface area contributed by atoms with Crippen molar-refractivity contribution in [3.8, 4) is 0 Å². The van der Waals surface area contributed by atoms with Crippen LogP contribution in [0.5, 0.6) is 0 Å². The van der Waals surface area contributed by atoms with E-state index in [0.29, 0.717) is 0 Å². The van der Waals surface area contributed by atoms with Gasteiger partial charge in [0.2, 0.25) is 0 Å². The second kappa shape index (κ2) is 8.28. The molecule has 0 heterocycles. The molecule has 12 heteroatoms. The zero-order valence-electron chi connectivity index (χ0n) is 12.5. The first kappa shape index (κ1) is 20.2. The Labute approximate surface area is 138 Å². The highest BCUT2D eigenvalue weighted by atomic mass is 19.2. The molecular formula is C13H14F4N4O4. The first-order chi connectivity index (χ1) is 11.6. The summed E-state index contributed by atoms with van der Waals surface area (Å²) >= 11 is 0. The van der Waals surface area contributed by atoms with E-state index in [1.54, 1.807) is 0 Å². The first-order valence-electron chi connectivity index (χ1n) is 6.72. The summed E-state index contributed by atoms with van der Waals surface area (Å²) < 4.78 is 57.9. The quantitative estimate of drug-likeness (QED) is 0.0945. The summed E-state index contributed by atoms with van der Waals surface area (Å²) in [5.41, 5.74) is 6.91. The van der Waals surface area contributed by atoms with E-state index in [0.717, 1.165) is 0 Å². The number of benzene rings is 1. The van der Waals surface area contributed by atoms with Gasteiger partial charge in [0.05, 0.1) is 0 Å². The average molecular weight is 366 g/mol. The number of aliphatic carboxylic acids is 1. The van der Waals surface area contributed by atoms with Crippen LogP contribution in [-0.2, 0) is 9.53 Å². The summed E-state index contributed by atoms with van der Waals surface area (Å²) in [5, 5.41) is 18.0. The Morgan fingerprint density at radius 2 is 1.68 bits per heavy atom. The molecule has 0 radical (unpaired) electrons. The minimum Gasteiger partial charge on any atom is -0.480 e. The lowest BCUT2D eigenvalue weighted by Gasteiger charge is -2.11. The fraction of sp³-hybridized carbons (Fsp3) is 0.308. The Hall–Kier alpha value is -2.89. The molecule has 0 aliphatic heterocycles. The van der Waals surface area contributed by atoms with Crippen LogP contribution in [0.25, 0.3) is 0 Å². The number of carbonyl (C=O) groups is 2. The van der Waals surface area contributed by atoms with Gasteiger partial charge in [0, 0.05) is 6.54 Å². The van der Waals surface area contributed by atoms with E-state index in [4.69, 9.17) is 22.0 Å². The summed E-state index contributed by atoms with van der Waals surface area (Å²) in [6.07, 6.45) is 0.211. The summed E-state index contributed by atoms with van der Waals surface area (Å²) in [7, 11) is 0. The van der Waals surface area contributed by atoms with Crippen LogP contribution in [-0.4, -0.2) is 35.7 Å². The second-order valence-electron chi connectivity index (χ2n) is 4.78. The van der Waals surface area contributed by atoms with Crippen molar-refractivity contribution in [3.05, 3.63) is 28.8 Å². The Kier molecular flexibility index (Phi) is 6.68. The van der Waals surface area contributed by atoms with Gasteiger partial charge in [-0.25, -0.2) is 22.4 Å². The largest absolute Gasteiger partial charge is 0.480 e. The number of nitrogen functional groups attached to an aromatic ring is 1. The van der Waals surface area contributed by atoms with E-state index >= 15 is 0 Å². The van der Waals surface area contributed by atoms with Crippen LogP contribution in [0.1, 0.15) is 23.2 Å². The highest BCUT2D eigenvalue weighted by Crippen LogP contribution is 2.26. The molecule has 0 fully saturated rings. The smallest absolute Gasteiger partial charge is 0.352 e. The zero-order valence-corrected chi connectivity index (χ0v) is 12.5. The molecule has 138 valence electrons. The lowest BCUT2D eigenvalue weighted by Crippen LogP contribution is -2.33. The number of rotatable bonds is 6. The predicted octanol–water partition coefficient (Wildman–Crippen LogP) is 0.698. The maximum Gasteiger partial charge on any atom is 0.352 e. The van der Waals surface area contributed by atoms with Crippen molar-refractivity contribution in [3.63, 3.8) is 0 Å². The van der Waals surface area contributed by atoms with Gasteiger partial charge < -0.3 is 26.6 Å². The summed E-state index contributed by atoms with van der Waals surface area (Å²) in [6, 6.07) is -2.09. The van der Waals surface area contributed by atoms with E-state index in [-0.39, 0.29) is 19.4 Å². The fourth-order valence-corrected chi connectivity index (χ4v) is 1.66. The van der Waals surface area contributed by atoms with Crippen molar-refractivity contribution in [2.45, 2.75) is 18.9 Å². The zero-order chi connectivity index (χ0) is 19.3. The number of hydrogen-bond acceptors (Lipinski definition) is 6. The molecule has 0 saturated carbocycles. The second-order valence-corrected chi connectivity index (χ2v) is 4.78. The van der Waals surface area contributed by atoms with E-state index in [9.17, 15) is 27.2 Å². The number of nitrogens with two attached hydrogens (primary N) is 2.